The van der Waals surface area contributed by atoms with Gasteiger partial charge in [0, 0.05) is 4.47 Å². The number of carboxylic acids is 1. The summed E-state index contributed by atoms with van der Waals surface area (Å²) in [5, 5.41) is 10.9. The van der Waals surface area contributed by atoms with Crippen LogP contribution in [0.5, 0.6) is 11.5 Å². The van der Waals surface area contributed by atoms with E-state index in [9.17, 15) is 9.59 Å². The molecule has 5 nitrogen and oxygen atoms in total. The molecule has 0 bridgehead atoms. The van der Waals surface area contributed by atoms with E-state index in [-0.39, 0.29) is 5.56 Å². The van der Waals surface area contributed by atoms with Gasteiger partial charge in [-0.2, -0.15) is 0 Å². The summed E-state index contributed by atoms with van der Waals surface area (Å²) in [5.74, 6) is -0.668. The van der Waals surface area contributed by atoms with Gasteiger partial charge in [0.25, 0.3) is 5.91 Å². The van der Waals surface area contributed by atoms with Crippen molar-refractivity contribution in [3.8, 4) is 11.5 Å². The number of rotatable bonds is 5. The number of carboxylic acid groups (broad SMARTS) is 1. The third-order valence-corrected chi connectivity index (χ3v) is 3.05. The van der Waals surface area contributed by atoms with E-state index in [0.29, 0.717) is 11.5 Å². The monoisotopic (exact) mass is 349 g/mol. The zero-order chi connectivity index (χ0) is 15.2. The van der Waals surface area contributed by atoms with Gasteiger partial charge in [-0.1, -0.05) is 34.1 Å². The number of ether oxygens (including phenoxy) is 1. The number of halogens is 1. The van der Waals surface area contributed by atoms with Crippen LogP contribution in [0.15, 0.2) is 53.0 Å². The Labute approximate surface area is 129 Å². The van der Waals surface area contributed by atoms with Gasteiger partial charge in [-0.25, -0.2) is 0 Å². The summed E-state index contributed by atoms with van der Waals surface area (Å²) >= 11 is 3.34. The average Bonchev–Trinajstić information content (AvgIpc) is 2.45. The molecule has 2 N–H and O–H groups in total. The summed E-state index contributed by atoms with van der Waals surface area (Å²) < 4.78 is 6.53. The van der Waals surface area contributed by atoms with E-state index in [2.05, 4.69) is 21.2 Å². The van der Waals surface area contributed by atoms with Crippen LogP contribution in [-0.4, -0.2) is 23.5 Å². The molecule has 0 spiro atoms. The third-order valence-electron chi connectivity index (χ3n) is 2.56. The van der Waals surface area contributed by atoms with Gasteiger partial charge in [0.15, 0.2) is 0 Å². The molecule has 108 valence electrons. The van der Waals surface area contributed by atoms with Crippen molar-refractivity contribution in [2.24, 2.45) is 0 Å². The number of para-hydroxylation sites is 1. The molecule has 0 saturated heterocycles. The van der Waals surface area contributed by atoms with Crippen LogP contribution in [0.3, 0.4) is 0 Å². The molecule has 2 rings (SSSR count). The fraction of sp³-hybridized carbons (Fsp3) is 0.0667. The SMILES string of the molecule is O=C(O)CNC(=O)c1ccccc1Oc1cccc(Br)c1. The van der Waals surface area contributed by atoms with Gasteiger partial charge in [0.05, 0.1) is 5.56 Å². The van der Waals surface area contributed by atoms with Crippen molar-refractivity contribution in [2.45, 2.75) is 0 Å². The van der Waals surface area contributed by atoms with E-state index in [1.54, 1.807) is 36.4 Å². The largest absolute Gasteiger partial charge is 0.480 e. The van der Waals surface area contributed by atoms with Crippen LogP contribution in [0, 0.1) is 0 Å². The second-order valence-electron chi connectivity index (χ2n) is 4.13. The summed E-state index contributed by atoms with van der Waals surface area (Å²) in [4.78, 5) is 22.5. The van der Waals surface area contributed by atoms with Gasteiger partial charge >= 0.3 is 5.97 Å². The summed E-state index contributed by atoms with van der Waals surface area (Å²) in [6, 6.07) is 13.8. The maximum Gasteiger partial charge on any atom is 0.322 e. The third kappa shape index (κ3) is 4.32. The first kappa shape index (κ1) is 15.1. The summed E-state index contributed by atoms with van der Waals surface area (Å²) in [6.07, 6.45) is 0. The van der Waals surface area contributed by atoms with Gasteiger partial charge in [-0.15, -0.1) is 0 Å². The van der Waals surface area contributed by atoms with Crippen molar-refractivity contribution < 1.29 is 19.4 Å². The lowest BCUT2D eigenvalue weighted by Crippen LogP contribution is -2.29. The Kier molecular flexibility index (Phi) is 4.94. The number of carbonyl (C=O) groups is 2. The van der Waals surface area contributed by atoms with Crippen LogP contribution in [0.2, 0.25) is 0 Å². The summed E-state index contributed by atoms with van der Waals surface area (Å²) in [6.45, 7) is -0.440. The number of benzene rings is 2. The van der Waals surface area contributed by atoms with Crippen LogP contribution in [-0.2, 0) is 4.79 Å². The highest BCUT2D eigenvalue weighted by molar-refractivity contribution is 9.10. The predicted molar refractivity (Wildman–Crippen MR) is 80.6 cm³/mol. The number of hydrogen-bond acceptors (Lipinski definition) is 3. The van der Waals surface area contributed by atoms with E-state index in [1.165, 1.54) is 0 Å². The maximum absolute atomic E-state index is 12.0. The van der Waals surface area contributed by atoms with Crippen LogP contribution >= 0.6 is 15.9 Å². The number of carbonyl (C=O) groups excluding carboxylic acids is 1. The molecule has 0 aliphatic rings. The van der Waals surface area contributed by atoms with Crippen molar-refractivity contribution in [3.63, 3.8) is 0 Å². The number of hydrogen-bond donors (Lipinski definition) is 2. The lowest BCUT2D eigenvalue weighted by molar-refractivity contribution is -0.135. The molecule has 0 aromatic heterocycles. The summed E-state index contributed by atoms with van der Waals surface area (Å²) in [5.41, 5.74) is 0.277. The molecule has 0 saturated carbocycles. The number of aliphatic carboxylic acids is 1. The minimum atomic E-state index is -1.10. The molecule has 21 heavy (non-hydrogen) atoms. The van der Waals surface area contributed by atoms with Crippen molar-refractivity contribution in [1.82, 2.24) is 5.32 Å². The Hall–Kier alpha value is -2.34. The maximum atomic E-state index is 12.0. The van der Waals surface area contributed by atoms with Gasteiger partial charge in [-0.05, 0) is 30.3 Å². The molecule has 2 aromatic rings. The quantitative estimate of drug-likeness (QED) is 0.869. The minimum absolute atomic E-state index is 0.277. The zero-order valence-corrected chi connectivity index (χ0v) is 12.5. The standard InChI is InChI=1S/C15H12BrNO4/c16-10-4-3-5-11(8-10)21-13-7-2-1-6-12(13)15(20)17-9-14(18)19/h1-8H,9H2,(H,17,20)(H,18,19). The minimum Gasteiger partial charge on any atom is -0.480 e. The molecular formula is C15H12BrNO4. The van der Waals surface area contributed by atoms with Crippen molar-refractivity contribution in [1.29, 1.82) is 0 Å². The lowest BCUT2D eigenvalue weighted by atomic mass is 10.2. The first-order valence-electron chi connectivity index (χ1n) is 6.08. The Morgan fingerprint density at radius 3 is 2.62 bits per heavy atom. The van der Waals surface area contributed by atoms with Gasteiger partial charge in [0.2, 0.25) is 0 Å². The predicted octanol–water partition coefficient (Wildman–Crippen LogP) is 3.06. The van der Waals surface area contributed by atoms with E-state index in [0.717, 1.165) is 4.47 Å². The highest BCUT2D eigenvalue weighted by Gasteiger charge is 2.13. The highest BCUT2D eigenvalue weighted by atomic mass is 79.9. The second-order valence-corrected chi connectivity index (χ2v) is 5.05. The molecule has 0 aliphatic heterocycles. The van der Waals surface area contributed by atoms with E-state index < -0.39 is 18.4 Å². The fourth-order valence-electron chi connectivity index (χ4n) is 1.65. The van der Waals surface area contributed by atoms with Gasteiger partial charge < -0.3 is 15.2 Å². The van der Waals surface area contributed by atoms with Crippen molar-refractivity contribution in [2.75, 3.05) is 6.54 Å². The molecule has 2 aromatic carbocycles. The van der Waals surface area contributed by atoms with Crippen LogP contribution < -0.4 is 10.1 Å². The molecule has 0 aliphatic carbocycles. The highest BCUT2D eigenvalue weighted by Crippen LogP contribution is 2.27. The average molecular weight is 350 g/mol. The van der Waals surface area contributed by atoms with E-state index in [4.69, 9.17) is 9.84 Å². The van der Waals surface area contributed by atoms with Gasteiger partial charge in [-0.3, -0.25) is 9.59 Å². The Morgan fingerprint density at radius 2 is 1.90 bits per heavy atom. The molecule has 6 heteroatoms. The first-order valence-corrected chi connectivity index (χ1v) is 6.88. The molecular weight excluding hydrogens is 338 g/mol. The van der Waals surface area contributed by atoms with Crippen molar-refractivity contribution in [3.05, 3.63) is 58.6 Å². The van der Waals surface area contributed by atoms with E-state index >= 15 is 0 Å². The van der Waals surface area contributed by atoms with E-state index in [1.807, 2.05) is 12.1 Å². The van der Waals surface area contributed by atoms with Crippen LogP contribution in [0.25, 0.3) is 0 Å². The molecule has 0 atom stereocenters. The van der Waals surface area contributed by atoms with Gasteiger partial charge in [0.1, 0.15) is 18.0 Å². The van der Waals surface area contributed by atoms with Crippen LogP contribution in [0.4, 0.5) is 0 Å². The van der Waals surface area contributed by atoms with Crippen LogP contribution in [0.1, 0.15) is 10.4 Å². The molecule has 0 unspecified atom stereocenters. The molecule has 0 heterocycles. The number of nitrogens with one attached hydrogen (secondary N) is 1. The smallest absolute Gasteiger partial charge is 0.322 e. The zero-order valence-electron chi connectivity index (χ0n) is 10.9. The molecule has 0 radical (unpaired) electrons. The first-order chi connectivity index (χ1) is 10.1. The normalized spacial score (nSPS) is 9.95. The molecule has 1 amide bonds. The second kappa shape index (κ2) is 6.90. The summed E-state index contributed by atoms with van der Waals surface area (Å²) in [7, 11) is 0. The lowest BCUT2D eigenvalue weighted by Gasteiger charge is -2.11. The van der Waals surface area contributed by atoms with Crippen molar-refractivity contribution >= 4 is 27.8 Å². The Balaban J connectivity index is 2.20. The molecule has 0 fully saturated rings. The topological polar surface area (TPSA) is 75.6 Å². The Bertz CT molecular complexity index is 672. The Morgan fingerprint density at radius 1 is 1.14 bits per heavy atom. The number of amides is 1. The fourth-order valence-corrected chi connectivity index (χ4v) is 2.03.